The lowest BCUT2D eigenvalue weighted by atomic mass is 10.1. The topological polar surface area (TPSA) is 74.3 Å². The van der Waals surface area contributed by atoms with E-state index in [2.05, 4.69) is 20.5 Å². The molecule has 2 aromatic rings. The molecule has 1 aliphatic heterocycles. The molecule has 0 saturated carbocycles. The van der Waals surface area contributed by atoms with Crippen LogP contribution in [0.4, 0.5) is 5.69 Å². The van der Waals surface area contributed by atoms with Gasteiger partial charge in [0, 0.05) is 36.8 Å². The van der Waals surface area contributed by atoms with Crippen LogP contribution in [-0.4, -0.2) is 47.9 Å². The van der Waals surface area contributed by atoms with Crippen molar-refractivity contribution in [2.75, 3.05) is 31.5 Å². The molecule has 2 N–H and O–H groups in total. The van der Waals surface area contributed by atoms with Gasteiger partial charge in [0.15, 0.2) is 0 Å². The summed E-state index contributed by atoms with van der Waals surface area (Å²) < 4.78 is 0. The molecule has 26 heavy (non-hydrogen) atoms. The van der Waals surface area contributed by atoms with Crippen molar-refractivity contribution in [3.05, 3.63) is 35.5 Å². The number of fused-ring (bicyclic) bond motifs is 1. The summed E-state index contributed by atoms with van der Waals surface area (Å²) in [6.07, 6.45) is 3.78. The van der Waals surface area contributed by atoms with E-state index in [-0.39, 0.29) is 11.8 Å². The molecule has 1 aromatic carbocycles. The summed E-state index contributed by atoms with van der Waals surface area (Å²) in [7, 11) is 0. The van der Waals surface area contributed by atoms with Crippen molar-refractivity contribution < 1.29 is 9.59 Å². The van der Waals surface area contributed by atoms with E-state index in [1.165, 1.54) is 26.2 Å². The number of hydrogen-bond donors (Lipinski definition) is 2. The highest BCUT2D eigenvalue weighted by Crippen LogP contribution is 2.23. The predicted molar refractivity (Wildman–Crippen MR) is 103 cm³/mol. The zero-order chi connectivity index (χ0) is 18.5. The molecular formula is C20H26N4O2. The van der Waals surface area contributed by atoms with Gasteiger partial charge in [-0.05, 0) is 51.1 Å². The zero-order valence-electron chi connectivity index (χ0n) is 15.5. The quantitative estimate of drug-likeness (QED) is 0.866. The first-order chi connectivity index (χ1) is 12.5. The van der Waals surface area contributed by atoms with Gasteiger partial charge < -0.3 is 15.5 Å². The van der Waals surface area contributed by atoms with E-state index >= 15 is 0 Å². The predicted octanol–water partition coefficient (Wildman–Crippen LogP) is 2.72. The number of piperidine rings is 1. The normalized spacial score (nSPS) is 15.0. The van der Waals surface area contributed by atoms with Gasteiger partial charge in [0.2, 0.25) is 5.91 Å². The Balaban J connectivity index is 1.77. The van der Waals surface area contributed by atoms with Crippen LogP contribution in [0.2, 0.25) is 0 Å². The molecule has 138 valence electrons. The molecule has 0 unspecified atom stereocenters. The van der Waals surface area contributed by atoms with E-state index in [9.17, 15) is 9.59 Å². The molecule has 1 aliphatic rings. The van der Waals surface area contributed by atoms with Crippen LogP contribution in [0, 0.1) is 6.92 Å². The third kappa shape index (κ3) is 4.58. The summed E-state index contributed by atoms with van der Waals surface area (Å²) in [5, 5.41) is 6.56. The summed E-state index contributed by atoms with van der Waals surface area (Å²) >= 11 is 0. The van der Waals surface area contributed by atoms with Crippen molar-refractivity contribution in [3.63, 3.8) is 0 Å². The van der Waals surface area contributed by atoms with Crippen molar-refractivity contribution >= 4 is 28.4 Å². The lowest BCUT2D eigenvalue weighted by Gasteiger charge is -2.26. The lowest BCUT2D eigenvalue weighted by Crippen LogP contribution is -2.37. The number of benzene rings is 1. The maximum absolute atomic E-state index is 12.8. The first kappa shape index (κ1) is 18.3. The molecule has 1 saturated heterocycles. The van der Waals surface area contributed by atoms with Gasteiger partial charge in [0.1, 0.15) is 0 Å². The highest BCUT2D eigenvalue weighted by atomic mass is 16.2. The number of likely N-dealkylation sites (tertiary alicyclic amines) is 1. The van der Waals surface area contributed by atoms with Crippen molar-refractivity contribution in [1.82, 2.24) is 15.2 Å². The molecule has 3 rings (SSSR count). The molecule has 0 radical (unpaired) electrons. The number of aryl methyl sites for hydroxylation is 1. The van der Waals surface area contributed by atoms with Crippen molar-refractivity contribution in [2.45, 2.75) is 33.1 Å². The Morgan fingerprint density at radius 1 is 1.15 bits per heavy atom. The summed E-state index contributed by atoms with van der Waals surface area (Å²) in [5.74, 6) is -0.307. The molecule has 1 fully saturated rings. The molecule has 0 bridgehead atoms. The third-order valence-electron chi connectivity index (χ3n) is 4.67. The lowest BCUT2D eigenvalue weighted by molar-refractivity contribution is -0.114. The van der Waals surface area contributed by atoms with Gasteiger partial charge in [0.05, 0.1) is 11.1 Å². The van der Waals surface area contributed by atoms with Crippen LogP contribution < -0.4 is 10.6 Å². The van der Waals surface area contributed by atoms with Crippen LogP contribution in [0.5, 0.6) is 0 Å². The van der Waals surface area contributed by atoms with Crippen LogP contribution in [0.3, 0.4) is 0 Å². The fourth-order valence-corrected chi connectivity index (χ4v) is 3.41. The van der Waals surface area contributed by atoms with Gasteiger partial charge in [0.25, 0.3) is 5.91 Å². The van der Waals surface area contributed by atoms with Gasteiger partial charge >= 0.3 is 0 Å². The second-order valence-electron chi connectivity index (χ2n) is 6.88. The molecule has 6 heteroatoms. The van der Waals surface area contributed by atoms with Gasteiger partial charge in [-0.2, -0.15) is 0 Å². The standard InChI is InChI=1S/C20H26N4O2/c1-14-6-7-17-18(12-16(23-15(2)25)13-19(17)22-14)20(26)21-8-11-24-9-4-3-5-10-24/h6-7,12-13H,3-5,8-11H2,1-2H3,(H,21,26)(H,23,25). The van der Waals surface area contributed by atoms with Crippen LogP contribution in [0.1, 0.15) is 42.2 Å². The maximum Gasteiger partial charge on any atom is 0.252 e. The number of nitrogens with zero attached hydrogens (tertiary/aromatic N) is 2. The second kappa shape index (κ2) is 8.27. The highest BCUT2D eigenvalue weighted by molar-refractivity contribution is 6.08. The second-order valence-corrected chi connectivity index (χ2v) is 6.88. The average Bonchev–Trinajstić information content (AvgIpc) is 2.61. The van der Waals surface area contributed by atoms with Gasteiger partial charge in [-0.3, -0.25) is 14.6 Å². The summed E-state index contributed by atoms with van der Waals surface area (Å²) in [6.45, 7) is 7.06. The Hall–Kier alpha value is -2.47. The van der Waals surface area contributed by atoms with Gasteiger partial charge in [-0.1, -0.05) is 12.5 Å². The number of nitrogens with one attached hydrogen (secondary N) is 2. The van der Waals surface area contributed by atoms with Gasteiger partial charge in [-0.15, -0.1) is 0 Å². The van der Waals surface area contributed by atoms with Crippen LogP contribution in [-0.2, 0) is 4.79 Å². The number of aromatic nitrogens is 1. The van der Waals surface area contributed by atoms with Crippen molar-refractivity contribution in [3.8, 4) is 0 Å². The summed E-state index contributed by atoms with van der Waals surface area (Å²) in [4.78, 5) is 31.1. The third-order valence-corrected chi connectivity index (χ3v) is 4.67. The summed E-state index contributed by atoms with van der Waals surface area (Å²) in [6, 6.07) is 7.32. The minimum atomic E-state index is -0.173. The first-order valence-electron chi connectivity index (χ1n) is 9.22. The molecule has 6 nitrogen and oxygen atoms in total. The van der Waals surface area contributed by atoms with E-state index in [1.54, 1.807) is 12.1 Å². The minimum absolute atomic E-state index is 0.134. The molecule has 0 aliphatic carbocycles. The molecule has 0 atom stereocenters. The summed E-state index contributed by atoms with van der Waals surface area (Å²) in [5.41, 5.74) is 2.70. The van der Waals surface area contributed by atoms with Crippen molar-refractivity contribution in [1.29, 1.82) is 0 Å². The average molecular weight is 354 g/mol. The Labute approximate surface area is 154 Å². The number of pyridine rings is 1. The zero-order valence-corrected chi connectivity index (χ0v) is 15.5. The highest BCUT2D eigenvalue weighted by Gasteiger charge is 2.15. The fraction of sp³-hybridized carbons (Fsp3) is 0.450. The van der Waals surface area contributed by atoms with Crippen LogP contribution >= 0.6 is 0 Å². The number of rotatable bonds is 5. The monoisotopic (exact) mass is 354 g/mol. The van der Waals surface area contributed by atoms with Gasteiger partial charge in [-0.25, -0.2) is 0 Å². The van der Waals surface area contributed by atoms with E-state index in [1.807, 2.05) is 19.1 Å². The SMILES string of the molecule is CC(=O)Nc1cc(C(=O)NCCN2CCCCC2)c2ccc(C)nc2c1. The van der Waals surface area contributed by atoms with E-state index in [0.29, 0.717) is 23.3 Å². The Bertz CT molecular complexity index is 813. The molecule has 0 spiro atoms. The van der Waals surface area contributed by atoms with E-state index in [0.717, 1.165) is 30.7 Å². The molecule has 2 amide bonds. The van der Waals surface area contributed by atoms with Crippen LogP contribution in [0.15, 0.2) is 24.3 Å². The van der Waals surface area contributed by atoms with Crippen molar-refractivity contribution in [2.24, 2.45) is 0 Å². The number of hydrogen-bond acceptors (Lipinski definition) is 4. The molecular weight excluding hydrogens is 328 g/mol. The van der Waals surface area contributed by atoms with E-state index in [4.69, 9.17) is 0 Å². The minimum Gasteiger partial charge on any atom is -0.351 e. The van der Waals surface area contributed by atoms with Crippen LogP contribution in [0.25, 0.3) is 10.9 Å². The number of anilines is 1. The molecule has 1 aromatic heterocycles. The Morgan fingerprint density at radius 3 is 2.65 bits per heavy atom. The largest absolute Gasteiger partial charge is 0.351 e. The fourth-order valence-electron chi connectivity index (χ4n) is 3.41. The molecule has 2 heterocycles. The number of carbonyl (C=O) groups is 2. The van der Waals surface area contributed by atoms with E-state index < -0.39 is 0 Å². The maximum atomic E-state index is 12.8. The first-order valence-corrected chi connectivity index (χ1v) is 9.22. The smallest absolute Gasteiger partial charge is 0.252 e. The Morgan fingerprint density at radius 2 is 1.92 bits per heavy atom. The Kier molecular flexibility index (Phi) is 5.83. The number of amides is 2. The number of carbonyl (C=O) groups excluding carboxylic acids is 2.